The average molecular weight is 523 g/mol. The number of ether oxygens (including phenoxy) is 1. The van der Waals surface area contributed by atoms with Crippen LogP contribution in [0.5, 0.6) is 5.75 Å². The predicted octanol–water partition coefficient (Wildman–Crippen LogP) is 3.92. The summed E-state index contributed by atoms with van der Waals surface area (Å²) in [4.78, 5) is 19.3. The fraction of sp³-hybridized carbons (Fsp3) is 0.364. The second-order valence-electron chi connectivity index (χ2n) is 7.84. The smallest absolute Gasteiger partial charge is 0.252 e. The number of rotatable bonds is 4. The van der Waals surface area contributed by atoms with Crippen molar-refractivity contribution < 1.29 is 17.9 Å². The van der Waals surface area contributed by atoms with E-state index in [1.165, 1.54) is 11.8 Å². The fourth-order valence-corrected chi connectivity index (χ4v) is 8.87. The molecule has 0 aliphatic carbocycles. The van der Waals surface area contributed by atoms with Gasteiger partial charge in [-0.3, -0.25) is 4.79 Å². The third-order valence-electron chi connectivity index (χ3n) is 5.52. The van der Waals surface area contributed by atoms with Crippen LogP contribution in [0.4, 0.5) is 5.69 Å². The van der Waals surface area contributed by atoms with Gasteiger partial charge in [0.15, 0.2) is 15.0 Å². The number of amidine groups is 1. The molecule has 2 aliphatic rings. The normalized spacial score (nSPS) is 23.2. The van der Waals surface area contributed by atoms with Crippen molar-refractivity contribution in [2.45, 2.75) is 31.6 Å². The Morgan fingerprint density at radius 1 is 1.23 bits per heavy atom. The van der Waals surface area contributed by atoms with Crippen molar-refractivity contribution in [3.63, 3.8) is 0 Å². The van der Waals surface area contributed by atoms with Gasteiger partial charge in [0.2, 0.25) is 0 Å². The molecule has 0 bridgehead atoms. The van der Waals surface area contributed by atoms with Gasteiger partial charge in [0, 0.05) is 21.0 Å². The lowest BCUT2D eigenvalue weighted by atomic mass is 10.1. The molecule has 0 N–H and O–H groups in total. The number of carbonyl (C=O) groups is 1. The first kappa shape index (κ1) is 22.4. The highest BCUT2D eigenvalue weighted by atomic mass is 79.9. The summed E-state index contributed by atoms with van der Waals surface area (Å²) in [6.45, 7) is 3.98. The zero-order valence-electron chi connectivity index (χ0n) is 17.5. The number of benzene rings is 2. The van der Waals surface area contributed by atoms with Crippen molar-refractivity contribution >= 4 is 54.3 Å². The molecule has 2 aromatic carbocycles. The van der Waals surface area contributed by atoms with Crippen LogP contribution in [-0.2, 0) is 21.1 Å². The van der Waals surface area contributed by atoms with Crippen LogP contribution in [0.2, 0.25) is 0 Å². The molecule has 2 aromatic rings. The second-order valence-corrected chi connectivity index (χ2v) is 12.1. The number of anilines is 1. The number of carbonyl (C=O) groups excluding carboxylic acids is 1. The van der Waals surface area contributed by atoms with E-state index in [-0.39, 0.29) is 35.1 Å². The minimum absolute atomic E-state index is 0.0688. The number of aliphatic imine (C=N–C) groups is 1. The third-order valence-corrected chi connectivity index (χ3v) is 9.19. The van der Waals surface area contributed by atoms with E-state index in [2.05, 4.69) is 20.9 Å². The molecule has 31 heavy (non-hydrogen) atoms. The lowest BCUT2D eigenvalue weighted by Gasteiger charge is -2.28. The monoisotopic (exact) mass is 522 g/mol. The van der Waals surface area contributed by atoms with Crippen LogP contribution in [0.25, 0.3) is 0 Å². The number of aryl methyl sites for hydroxylation is 2. The van der Waals surface area contributed by atoms with Gasteiger partial charge >= 0.3 is 0 Å². The highest BCUT2D eigenvalue weighted by Crippen LogP contribution is 2.43. The van der Waals surface area contributed by atoms with Crippen molar-refractivity contribution in [2.24, 2.45) is 4.99 Å². The third kappa shape index (κ3) is 4.54. The zero-order valence-corrected chi connectivity index (χ0v) is 20.7. The molecule has 0 unspecified atom stereocenters. The Balaban J connectivity index is 1.72. The van der Waals surface area contributed by atoms with Gasteiger partial charge in [-0.05, 0) is 43.2 Å². The first-order chi connectivity index (χ1) is 14.7. The summed E-state index contributed by atoms with van der Waals surface area (Å²) in [7, 11) is -1.54. The van der Waals surface area contributed by atoms with Crippen molar-refractivity contribution in [1.29, 1.82) is 0 Å². The quantitative estimate of drug-likeness (QED) is 0.605. The minimum Gasteiger partial charge on any atom is -0.496 e. The Hall–Kier alpha value is -1.84. The van der Waals surface area contributed by atoms with Crippen molar-refractivity contribution in [3.05, 3.63) is 57.6 Å². The van der Waals surface area contributed by atoms with Gasteiger partial charge in [0.05, 0.1) is 31.1 Å². The van der Waals surface area contributed by atoms with Gasteiger partial charge in [0.1, 0.15) is 5.75 Å². The summed E-state index contributed by atoms with van der Waals surface area (Å²) in [6, 6.07) is 11.1. The molecule has 9 heteroatoms. The summed E-state index contributed by atoms with van der Waals surface area (Å²) >= 11 is 4.91. The van der Waals surface area contributed by atoms with Crippen LogP contribution in [-0.4, -0.2) is 49.4 Å². The summed E-state index contributed by atoms with van der Waals surface area (Å²) in [5.41, 5.74) is 3.70. The molecule has 2 saturated heterocycles. The van der Waals surface area contributed by atoms with Crippen LogP contribution >= 0.6 is 27.7 Å². The molecule has 0 radical (unpaired) electrons. The number of sulfone groups is 1. The van der Waals surface area contributed by atoms with Crippen LogP contribution in [0.15, 0.2) is 45.9 Å². The molecule has 2 aliphatic heterocycles. The van der Waals surface area contributed by atoms with Gasteiger partial charge < -0.3 is 9.64 Å². The topological polar surface area (TPSA) is 76.0 Å². The number of thioether (sulfide) groups is 1. The summed E-state index contributed by atoms with van der Waals surface area (Å²) in [5.74, 6) is 0.536. The van der Waals surface area contributed by atoms with Gasteiger partial charge in [-0.2, -0.15) is 4.99 Å². The van der Waals surface area contributed by atoms with Gasteiger partial charge in [-0.1, -0.05) is 45.9 Å². The number of hydrogen-bond donors (Lipinski definition) is 0. The molecule has 6 nitrogen and oxygen atoms in total. The Bertz CT molecular complexity index is 1160. The van der Waals surface area contributed by atoms with E-state index in [1.54, 1.807) is 7.11 Å². The number of methoxy groups -OCH3 is 1. The number of amides is 1. The molecule has 4 rings (SSSR count). The standard InChI is InChI=1S/C22H23BrN2O4S2/c1-13-8-16(23)9-14(2)21(13)25-17-11-31(27,28)12-19(17)30-22(25)24-20(26)10-15-6-4-5-7-18(15)29-3/h4-9,17,19H,10-12H2,1-3H3/t17-,19-/m0/s1. The molecular weight excluding hydrogens is 500 g/mol. The van der Waals surface area contributed by atoms with Crippen molar-refractivity contribution in [3.8, 4) is 5.75 Å². The van der Waals surface area contributed by atoms with E-state index in [0.29, 0.717) is 10.9 Å². The maximum atomic E-state index is 12.9. The fourth-order valence-electron chi connectivity index (χ4n) is 4.27. The largest absolute Gasteiger partial charge is 0.496 e. The number of hydrogen-bond acceptors (Lipinski definition) is 5. The number of nitrogens with zero attached hydrogens (tertiary/aromatic N) is 2. The van der Waals surface area contributed by atoms with Gasteiger partial charge in [-0.25, -0.2) is 8.42 Å². The van der Waals surface area contributed by atoms with E-state index in [0.717, 1.165) is 26.9 Å². The lowest BCUT2D eigenvalue weighted by Crippen LogP contribution is -2.38. The molecule has 2 heterocycles. The molecule has 164 valence electrons. The molecule has 1 amide bonds. The Morgan fingerprint density at radius 3 is 2.58 bits per heavy atom. The highest BCUT2D eigenvalue weighted by molar-refractivity contribution is 9.10. The Labute approximate surface area is 195 Å². The van der Waals surface area contributed by atoms with Crippen LogP contribution in [0, 0.1) is 13.8 Å². The maximum Gasteiger partial charge on any atom is 0.252 e. The number of halogens is 1. The average Bonchev–Trinajstić information content (AvgIpc) is 3.13. The second kappa shape index (κ2) is 8.60. The maximum absolute atomic E-state index is 12.9. The zero-order chi connectivity index (χ0) is 22.3. The minimum atomic E-state index is -3.12. The molecule has 0 aromatic heterocycles. The molecule has 2 atom stereocenters. The summed E-state index contributed by atoms with van der Waals surface area (Å²) < 4.78 is 30.9. The predicted molar refractivity (Wildman–Crippen MR) is 129 cm³/mol. The lowest BCUT2D eigenvalue weighted by molar-refractivity contribution is -0.117. The van der Waals surface area contributed by atoms with Crippen LogP contribution in [0.3, 0.4) is 0 Å². The van der Waals surface area contributed by atoms with E-state index in [4.69, 9.17) is 4.74 Å². The van der Waals surface area contributed by atoms with Crippen molar-refractivity contribution in [1.82, 2.24) is 0 Å². The first-order valence-electron chi connectivity index (χ1n) is 9.85. The summed E-state index contributed by atoms with van der Waals surface area (Å²) in [5, 5.41) is 0.434. The number of fused-ring (bicyclic) bond motifs is 1. The van der Waals surface area contributed by atoms with E-state index < -0.39 is 9.84 Å². The molecule has 2 fully saturated rings. The summed E-state index contributed by atoms with van der Waals surface area (Å²) in [6.07, 6.45) is 0.119. The van der Waals surface area contributed by atoms with Crippen LogP contribution < -0.4 is 9.64 Å². The Morgan fingerprint density at radius 2 is 1.90 bits per heavy atom. The Kier molecular flexibility index (Phi) is 6.20. The number of para-hydroxylation sites is 1. The molecular formula is C22H23BrN2O4S2. The van der Waals surface area contributed by atoms with Gasteiger partial charge in [0.25, 0.3) is 5.91 Å². The van der Waals surface area contributed by atoms with Gasteiger partial charge in [-0.15, -0.1) is 0 Å². The van der Waals surface area contributed by atoms with E-state index in [9.17, 15) is 13.2 Å². The molecule has 0 saturated carbocycles. The molecule has 0 spiro atoms. The highest BCUT2D eigenvalue weighted by Gasteiger charge is 2.50. The SMILES string of the molecule is COc1ccccc1CC(=O)N=C1S[C@H]2CS(=O)(=O)C[C@@H]2N1c1c(C)cc(Br)cc1C. The van der Waals surface area contributed by atoms with Crippen molar-refractivity contribution in [2.75, 3.05) is 23.5 Å². The van der Waals surface area contributed by atoms with E-state index >= 15 is 0 Å². The first-order valence-corrected chi connectivity index (χ1v) is 13.3. The van der Waals surface area contributed by atoms with E-state index in [1.807, 2.05) is 55.1 Å². The van der Waals surface area contributed by atoms with Crippen LogP contribution in [0.1, 0.15) is 16.7 Å².